The molecule has 0 aliphatic carbocycles. The zero-order chi connectivity index (χ0) is 10.1. The van der Waals surface area contributed by atoms with E-state index in [-0.39, 0.29) is 5.88 Å². The first kappa shape index (κ1) is 8.68. The van der Waals surface area contributed by atoms with Crippen molar-refractivity contribution in [1.29, 1.82) is 0 Å². The topological polar surface area (TPSA) is 63.8 Å². The summed E-state index contributed by atoms with van der Waals surface area (Å²) in [5.74, 6) is 0.629. The standard InChI is InChI=1S/C9H10N4O/c1-6-7(2)12-13(9(6)14)8-5-10-3-4-11-8/h3-5,14H,1-2H3. The summed E-state index contributed by atoms with van der Waals surface area (Å²) in [6.07, 6.45) is 4.68. The van der Waals surface area contributed by atoms with E-state index in [9.17, 15) is 5.11 Å². The van der Waals surface area contributed by atoms with E-state index >= 15 is 0 Å². The summed E-state index contributed by atoms with van der Waals surface area (Å²) >= 11 is 0. The molecule has 0 aromatic carbocycles. The van der Waals surface area contributed by atoms with Crippen LogP contribution in [0, 0.1) is 13.8 Å². The average molecular weight is 190 g/mol. The maximum Gasteiger partial charge on any atom is 0.218 e. The molecular weight excluding hydrogens is 180 g/mol. The molecule has 0 bridgehead atoms. The van der Waals surface area contributed by atoms with Gasteiger partial charge in [-0.15, -0.1) is 0 Å². The molecule has 0 fully saturated rings. The molecule has 0 radical (unpaired) electrons. The summed E-state index contributed by atoms with van der Waals surface area (Å²) in [5.41, 5.74) is 1.55. The molecule has 0 aliphatic heterocycles. The second kappa shape index (κ2) is 3.10. The molecule has 2 aromatic heterocycles. The van der Waals surface area contributed by atoms with Gasteiger partial charge in [-0.2, -0.15) is 9.78 Å². The zero-order valence-corrected chi connectivity index (χ0v) is 7.97. The molecule has 0 aliphatic rings. The number of rotatable bonds is 1. The van der Waals surface area contributed by atoms with E-state index in [2.05, 4.69) is 15.1 Å². The van der Waals surface area contributed by atoms with Crippen molar-refractivity contribution in [3.05, 3.63) is 29.8 Å². The van der Waals surface area contributed by atoms with Crippen LogP contribution in [0.2, 0.25) is 0 Å². The van der Waals surface area contributed by atoms with Gasteiger partial charge in [0.25, 0.3) is 0 Å². The normalized spacial score (nSPS) is 10.4. The van der Waals surface area contributed by atoms with Crippen LogP contribution < -0.4 is 0 Å². The van der Waals surface area contributed by atoms with Crippen LogP contribution in [0.5, 0.6) is 5.88 Å². The van der Waals surface area contributed by atoms with Crippen LogP contribution in [0.25, 0.3) is 5.82 Å². The van der Waals surface area contributed by atoms with Crippen LogP contribution in [0.1, 0.15) is 11.3 Å². The van der Waals surface area contributed by atoms with Crippen LogP contribution >= 0.6 is 0 Å². The summed E-state index contributed by atoms with van der Waals surface area (Å²) in [6, 6.07) is 0. The van der Waals surface area contributed by atoms with Gasteiger partial charge in [0.05, 0.1) is 11.9 Å². The third-order valence-electron chi connectivity index (χ3n) is 2.10. The SMILES string of the molecule is Cc1nn(-c2cnccn2)c(O)c1C. The molecule has 5 nitrogen and oxygen atoms in total. The maximum absolute atomic E-state index is 9.70. The first-order chi connectivity index (χ1) is 6.70. The highest BCUT2D eigenvalue weighted by atomic mass is 16.3. The van der Waals surface area contributed by atoms with Gasteiger partial charge in [0.2, 0.25) is 5.88 Å². The van der Waals surface area contributed by atoms with E-state index in [1.165, 1.54) is 4.68 Å². The molecule has 0 spiro atoms. The zero-order valence-electron chi connectivity index (χ0n) is 7.97. The fourth-order valence-electron chi connectivity index (χ4n) is 1.15. The molecule has 0 amide bonds. The van der Waals surface area contributed by atoms with Gasteiger partial charge < -0.3 is 5.11 Å². The van der Waals surface area contributed by atoms with Gasteiger partial charge in [-0.1, -0.05) is 0 Å². The molecule has 0 saturated heterocycles. The van der Waals surface area contributed by atoms with Gasteiger partial charge in [0.15, 0.2) is 5.82 Å². The smallest absolute Gasteiger partial charge is 0.218 e. The van der Waals surface area contributed by atoms with Crippen LogP contribution in [-0.4, -0.2) is 24.9 Å². The largest absolute Gasteiger partial charge is 0.493 e. The van der Waals surface area contributed by atoms with Crippen molar-refractivity contribution in [3.8, 4) is 11.7 Å². The number of aromatic hydroxyl groups is 1. The lowest BCUT2D eigenvalue weighted by Crippen LogP contribution is -1.99. The van der Waals surface area contributed by atoms with E-state index in [1.54, 1.807) is 18.6 Å². The van der Waals surface area contributed by atoms with Gasteiger partial charge >= 0.3 is 0 Å². The second-order valence-electron chi connectivity index (χ2n) is 3.01. The number of aryl methyl sites for hydroxylation is 1. The van der Waals surface area contributed by atoms with Crippen molar-refractivity contribution < 1.29 is 5.11 Å². The third kappa shape index (κ3) is 1.22. The molecule has 0 saturated carbocycles. The van der Waals surface area contributed by atoms with E-state index < -0.39 is 0 Å². The van der Waals surface area contributed by atoms with Gasteiger partial charge in [0, 0.05) is 18.0 Å². The third-order valence-corrected chi connectivity index (χ3v) is 2.10. The monoisotopic (exact) mass is 190 g/mol. The maximum atomic E-state index is 9.70. The minimum Gasteiger partial charge on any atom is -0.493 e. The summed E-state index contributed by atoms with van der Waals surface area (Å²) in [6.45, 7) is 3.65. The highest BCUT2D eigenvalue weighted by Crippen LogP contribution is 2.21. The van der Waals surface area contributed by atoms with Gasteiger partial charge in [-0.25, -0.2) is 4.98 Å². The molecule has 72 valence electrons. The molecule has 0 unspecified atom stereocenters. The predicted octanol–water partition coefficient (Wildman–Crippen LogP) is 0.985. The Hall–Kier alpha value is -1.91. The van der Waals surface area contributed by atoms with Crippen molar-refractivity contribution in [2.75, 3.05) is 0 Å². The van der Waals surface area contributed by atoms with Crippen LogP contribution in [0.3, 0.4) is 0 Å². The van der Waals surface area contributed by atoms with Crippen molar-refractivity contribution in [1.82, 2.24) is 19.7 Å². The molecule has 0 atom stereocenters. The first-order valence-electron chi connectivity index (χ1n) is 4.21. The lowest BCUT2D eigenvalue weighted by molar-refractivity contribution is 0.428. The van der Waals surface area contributed by atoms with Crippen LogP contribution in [-0.2, 0) is 0 Å². The Kier molecular flexibility index (Phi) is 1.92. The fraction of sp³-hybridized carbons (Fsp3) is 0.222. The quantitative estimate of drug-likeness (QED) is 0.728. The van der Waals surface area contributed by atoms with E-state index in [1.807, 2.05) is 13.8 Å². The number of aromatic nitrogens is 4. The molecule has 14 heavy (non-hydrogen) atoms. The molecule has 2 rings (SSSR count). The fourth-order valence-corrected chi connectivity index (χ4v) is 1.15. The first-order valence-corrected chi connectivity index (χ1v) is 4.21. The summed E-state index contributed by atoms with van der Waals surface area (Å²) in [4.78, 5) is 7.95. The Balaban J connectivity index is 2.58. The molecule has 2 heterocycles. The average Bonchev–Trinajstić information content (AvgIpc) is 2.47. The van der Waals surface area contributed by atoms with Crippen LogP contribution in [0.4, 0.5) is 0 Å². The van der Waals surface area contributed by atoms with E-state index in [4.69, 9.17) is 0 Å². The minimum absolute atomic E-state index is 0.114. The lowest BCUT2D eigenvalue weighted by Gasteiger charge is -1.99. The van der Waals surface area contributed by atoms with E-state index in [0.717, 1.165) is 11.3 Å². The highest BCUT2D eigenvalue weighted by molar-refractivity contribution is 5.34. The molecule has 5 heteroatoms. The highest BCUT2D eigenvalue weighted by Gasteiger charge is 2.11. The molecule has 1 N–H and O–H groups in total. The van der Waals surface area contributed by atoms with E-state index in [0.29, 0.717) is 5.82 Å². The Bertz CT molecular complexity index is 449. The summed E-state index contributed by atoms with van der Waals surface area (Å²) in [7, 11) is 0. The predicted molar refractivity (Wildman–Crippen MR) is 50.3 cm³/mol. The van der Waals surface area contributed by atoms with Crippen molar-refractivity contribution >= 4 is 0 Å². The van der Waals surface area contributed by atoms with Crippen molar-refractivity contribution in [2.24, 2.45) is 0 Å². The van der Waals surface area contributed by atoms with Crippen LogP contribution in [0.15, 0.2) is 18.6 Å². The van der Waals surface area contributed by atoms with Gasteiger partial charge in [-0.05, 0) is 13.8 Å². The Morgan fingerprint density at radius 1 is 1.29 bits per heavy atom. The minimum atomic E-state index is 0.114. The molecule has 2 aromatic rings. The summed E-state index contributed by atoms with van der Waals surface area (Å²) < 4.78 is 1.37. The number of nitrogens with zero attached hydrogens (tertiary/aromatic N) is 4. The number of hydrogen-bond donors (Lipinski definition) is 1. The van der Waals surface area contributed by atoms with Crippen molar-refractivity contribution in [3.63, 3.8) is 0 Å². The number of hydrogen-bond acceptors (Lipinski definition) is 4. The van der Waals surface area contributed by atoms with Gasteiger partial charge in [0.1, 0.15) is 0 Å². The second-order valence-corrected chi connectivity index (χ2v) is 3.01. The lowest BCUT2D eigenvalue weighted by atomic mass is 10.3. The Morgan fingerprint density at radius 2 is 2.07 bits per heavy atom. The van der Waals surface area contributed by atoms with Crippen molar-refractivity contribution in [2.45, 2.75) is 13.8 Å². The summed E-state index contributed by atoms with van der Waals surface area (Å²) in [5, 5.41) is 13.8. The Labute approximate surface area is 81.1 Å². The Morgan fingerprint density at radius 3 is 2.57 bits per heavy atom. The molecular formula is C9H10N4O. The van der Waals surface area contributed by atoms with Gasteiger partial charge in [-0.3, -0.25) is 4.98 Å².